The smallest absolute Gasteiger partial charge is 1.00 e. The summed E-state index contributed by atoms with van der Waals surface area (Å²) in [4.78, 5) is 53.8. The summed E-state index contributed by atoms with van der Waals surface area (Å²) in [5, 5.41) is 2.65. The van der Waals surface area contributed by atoms with E-state index in [0.29, 0.717) is 6.42 Å². The number of benzene rings is 4. The largest absolute Gasteiger partial charge is 1.00 e. The van der Waals surface area contributed by atoms with E-state index >= 15 is 0 Å². The molecule has 4 aromatic rings. The molecule has 9 nitrogen and oxygen atoms in total. The van der Waals surface area contributed by atoms with Crippen LogP contribution in [0.4, 0.5) is 15.3 Å². The number of anilines is 1. The monoisotopic (exact) mass is 632 g/mol. The number of nitrogens with one attached hydrogen (secondary N) is 1. The predicted molar refractivity (Wildman–Crippen MR) is 171 cm³/mol. The maximum Gasteiger partial charge on any atom is 1.00 e. The van der Waals surface area contributed by atoms with Crippen LogP contribution in [-0.4, -0.2) is 41.1 Å². The van der Waals surface area contributed by atoms with Crippen molar-refractivity contribution in [3.8, 4) is 0 Å². The van der Waals surface area contributed by atoms with Crippen molar-refractivity contribution in [1.82, 2.24) is 4.90 Å². The average molecular weight is 633 g/mol. The number of hydrogen-bond acceptors (Lipinski definition) is 7. The first-order chi connectivity index (χ1) is 21.6. The number of carbonyl (C=O) groups excluding carboxylic acids is 4. The Hall–Kier alpha value is -4.44. The second-order valence-corrected chi connectivity index (χ2v) is 11.2. The third-order valence-electron chi connectivity index (χ3n) is 6.41. The predicted octanol–water partition coefficient (Wildman–Crippen LogP) is 4.53. The van der Waals surface area contributed by atoms with Crippen molar-refractivity contribution >= 4 is 29.8 Å². The molecule has 0 aromatic heterocycles. The zero-order chi connectivity index (χ0) is 32.2. The van der Waals surface area contributed by atoms with Crippen LogP contribution in [0.2, 0.25) is 0 Å². The second-order valence-electron chi connectivity index (χ2n) is 11.2. The molecule has 0 saturated heterocycles. The molecule has 0 bridgehead atoms. The molecule has 0 saturated carbocycles. The first-order valence-corrected chi connectivity index (χ1v) is 14.5. The maximum atomic E-state index is 13.5. The molecule has 1 N–H and O–H groups in total. The van der Waals surface area contributed by atoms with Crippen molar-refractivity contribution in [2.24, 2.45) is 0 Å². The Morgan fingerprint density at radius 1 is 0.674 bits per heavy atom. The van der Waals surface area contributed by atoms with Gasteiger partial charge >= 0.3 is 53.6 Å². The van der Waals surface area contributed by atoms with E-state index in [1.165, 1.54) is 18.2 Å². The third kappa shape index (κ3) is 11.5. The summed E-state index contributed by atoms with van der Waals surface area (Å²) in [7, 11) is 0. The Bertz CT molecular complexity index is 1540. The maximum absolute atomic E-state index is 13.5. The number of hydrogen-bond donors (Lipinski definition) is 1. The molecule has 234 valence electrons. The summed E-state index contributed by atoms with van der Waals surface area (Å²) < 4.78 is 16.5. The van der Waals surface area contributed by atoms with Gasteiger partial charge in [-0.3, -0.25) is 0 Å². The Morgan fingerprint density at radius 3 is 1.54 bits per heavy atom. The first kappa shape index (κ1) is 36.0. The van der Waals surface area contributed by atoms with E-state index < -0.39 is 29.7 Å². The molecular weight excluding hydrogens is 595 g/mol. The zero-order valence-electron chi connectivity index (χ0n) is 27.5. The van der Waals surface area contributed by atoms with Crippen LogP contribution in [0.25, 0.3) is 0 Å². The number of amides is 3. The minimum atomic E-state index is -0.847. The van der Waals surface area contributed by atoms with E-state index in [2.05, 4.69) is 5.32 Å². The molecular formula is C36H37N2NaO7. The fourth-order valence-corrected chi connectivity index (χ4v) is 4.22. The van der Waals surface area contributed by atoms with E-state index in [0.717, 1.165) is 21.6 Å². The molecule has 0 heterocycles. The number of imide groups is 1. The standard InChI is InChI=1S/C36H36N2O7.Na.H/c1-36(2,3)45-35(42)38(20-19-26-13-7-4-8-14-26)34(41)37-31-22-29(32(39)43-24-27-15-9-5-10-16-27)21-30(23-31)33(40)44-25-28-17-11-6-12-18-28;;/h4-18,21-23H,19-20,24-25H2,1-3H3,(H,37,41);;/q;+1;-1. The Kier molecular flexibility index (Phi) is 13.6. The van der Waals surface area contributed by atoms with Gasteiger partial charge in [0.2, 0.25) is 0 Å². The fourth-order valence-electron chi connectivity index (χ4n) is 4.22. The van der Waals surface area contributed by atoms with Gasteiger partial charge in [-0.15, -0.1) is 0 Å². The minimum Gasteiger partial charge on any atom is -1.00 e. The van der Waals surface area contributed by atoms with E-state index in [1.54, 1.807) is 20.8 Å². The molecule has 0 unspecified atom stereocenters. The van der Waals surface area contributed by atoms with Gasteiger partial charge in [-0.25, -0.2) is 24.1 Å². The molecule has 10 heteroatoms. The SMILES string of the molecule is CC(C)(C)OC(=O)N(CCc1ccccc1)C(=O)Nc1cc(C(=O)OCc2ccccc2)cc(C(=O)OCc2ccccc2)c1.[H-].[Na+]. The first-order valence-electron chi connectivity index (χ1n) is 14.5. The molecule has 0 atom stereocenters. The molecule has 0 aliphatic heterocycles. The Morgan fingerprint density at radius 2 is 1.11 bits per heavy atom. The molecule has 0 aliphatic rings. The summed E-state index contributed by atoms with van der Waals surface area (Å²) in [6, 6.07) is 31.0. The molecule has 4 rings (SSSR count). The summed E-state index contributed by atoms with van der Waals surface area (Å²) in [6.45, 7) is 5.16. The van der Waals surface area contributed by atoms with Crippen LogP contribution in [-0.2, 0) is 33.8 Å². The molecule has 0 spiro atoms. The Labute approximate surface area is 292 Å². The van der Waals surface area contributed by atoms with Crippen LogP contribution < -0.4 is 34.9 Å². The third-order valence-corrected chi connectivity index (χ3v) is 6.41. The number of urea groups is 1. The minimum absolute atomic E-state index is 0. The topological polar surface area (TPSA) is 111 Å². The van der Waals surface area contributed by atoms with Crippen molar-refractivity contribution in [3.63, 3.8) is 0 Å². The zero-order valence-corrected chi connectivity index (χ0v) is 28.5. The van der Waals surface area contributed by atoms with E-state index in [9.17, 15) is 19.2 Å². The van der Waals surface area contributed by atoms with Crippen molar-refractivity contribution in [2.75, 3.05) is 11.9 Å². The van der Waals surface area contributed by atoms with E-state index in [-0.39, 0.29) is 67.6 Å². The van der Waals surface area contributed by atoms with Gasteiger partial charge in [0, 0.05) is 12.2 Å². The van der Waals surface area contributed by atoms with Gasteiger partial charge in [0.15, 0.2) is 0 Å². The fraction of sp³-hybridized carbons (Fsp3) is 0.222. The van der Waals surface area contributed by atoms with Gasteiger partial charge < -0.3 is 21.0 Å². The van der Waals surface area contributed by atoms with Gasteiger partial charge in [0.25, 0.3) is 0 Å². The normalized spacial score (nSPS) is 10.6. The number of nitrogens with zero attached hydrogens (tertiary/aromatic N) is 1. The van der Waals surface area contributed by atoms with Crippen LogP contribution in [0.1, 0.15) is 59.6 Å². The van der Waals surface area contributed by atoms with Gasteiger partial charge in [0.1, 0.15) is 18.8 Å². The second kappa shape index (κ2) is 17.3. The number of ether oxygens (including phenoxy) is 3. The van der Waals surface area contributed by atoms with Crippen molar-refractivity contribution in [1.29, 1.82) is 0 Å². The average Bonchev–Trinajstić information content (AvgIpc) is 3.03. The van der Waals surface area contributed by atoms with Crippen LogP contribution >= 0.6 is 0 Å². The van der Waals surface area contributed by atoms with Crippen molar-refractivity contribution in [3.05, 3.63) is 137 Å². The summed E-state index contributed by atoms with van der Waals surface area (Å²) in [5.74, 6) is -1.42. The van der Waals surface area contributed by atoms with Crippen molar-refractivity contribution < 1.29 is 64.4 Å². The van der Waals surface area contributed by atoms with Gasteiger partial charge in [-0.1, -0.05) is 91.0 Å². The van der Waals surface area contributed by atoms with Crippen molar-refractivity contribution in [2.45, 2.75) is 46.0 Å². The van der Waals surface area contributed by atoms with Gasteiger partial charge in [-0.2, -0.15) is 0 Å². The van der Waals surface area contributed by atoms with Crippen LogP contribution in [0.3, 0.4) is 0 Å². The van der Waals surface area contributed by atoms with E-state index in [1.807, 2.05) is 91.0 Å². The molecule has 0 radical (unpaired) electrons. The molecule has 0 aliphatic carbocycles. The van der Waals surface area contributed by atoms with Crippen LogP contribution in [0, 0.1) is 0 Å². The van der Waals surface area contributed by atoms with Crippen LogP contribution in [0.15, 0.2) is 109 Å². The summed E-state index contributed by atoms with van der Waals surface area (Å²) in [5.41, 5.74) is 1.76. The number of carbonyl (C=O) groups is 4. The quantitative estimate of drug-likeness (QED) is 0.155. The molecule has 0 fully saturated rings. The number of rotatable bonds is 10. The molecule has 46 heavy (non-hydrogen) atoms. The molecule has 4 aromatic carbocycles. The van der Waals surface area contributed by atoms with Gasteiger partial charge in [0.05, 0.1) is 11.1 Å². The summed E-state index contributed by atoms with van der Waals surface area (Å²) >= 11 is 0. The number of esters is 2. The van der Waals surface area contributed by atoms with Crippen LogP contribution in [0.5, 0.6) is 0 Å². The summed E-state index contributed by atoms with van der Waals surface area (Å²) in [6.07, 6.45) is -0.451. The van der Waals surface area contributed by atoms with E-state index in [4.69, 9.17) is 14.2 Å². The molecule has 3 amide bonds. The van der Waals surface area contributed by atoms with Gasteiger partial charge in [-0.05, 0) is 62.1 Å². The Balaban J connectivity index is 0.00000384.